The fourth-order valence-corrected chi connectivity index (χ4v) is 0.971. The van der Waals surface area contributed by atoms with Gasteiger partial charge < -0.3 is 10.2 Å². The van der Waals surface area contributed by atoms with Crippen LogP contribution in [-0.2, 0) is 9.59 Å². The summed E-state index contributed by atoms with van der Waals surface area (Å²) in [5, 5.41) is 15.6. The van der Waals surface area contributed by atoms with Crippen LogP contribution < -0.4 is 0 Å². The lowest BCUT2D eigenvalue weighted by Gasteiger charge is -1.93. The minimum atomic E-state index is -1.26. The zero-order valence-electron chi connectivity index (χ0n) is 9.87. The van der Waals surface area contributed by atoms with E-state index in [-0.39, 0.29) is 5.78 Å². The zero-order valence-corrected chi connectivity index (χ0v) is 9.87. The van der Waals surface area contributed by atoms with Crippen LogP contribution in [0.2, 0.25) is 0 Å². The smallest absolute Gasteiger partial charge is 0.328 e. The summed E-state index contributed by atoms with van der Waals surface area (Å²) >= 11 is 0. The molecule has 0 saturated heterocycles. The Labute approximate surface area is 104 Å². The van der Waals surface area contributed by atoms with Crippen LogP contribution in [0.4, 0.5) is 0 Å². The van der Waals surface area contributed by atoms with Gasteiger partial charge in [0.25, 0.3) is 0 Å². The van der Waals surface area contributed by atoms with Gasteiger partial charge in [-0.3, -0.25) is 4.79 Å². The molecule has 0 aromatic heterocycles. The standard InChI is InChI=1S/C9H10O.C4H4O4/c1-2-9(10)8-6-4-3-5-7-8;5-3(6)1-2-4(7)8/h3-7H,2H2,1H3;1-2H,(H,5,6)(H,7,8)/b;2-1-. The summed E-state index contributed by atoms with van der Waals surface area (Å²) in [6.45, 7) is 1.87. The van der Waals surface area contributed by atoms with Gasteiger partial charge in [-0.2, -0.15) is 0 Å². The highest BCUT2D eigenvalue weighted by Gasteiger charge is 1.98. The van der Waals surface area contributed by atoms with Crippen molar-refractivity contribution in [3.8, 4) is 0 Å². The second-order valence-electron chi connectivity index (χ2n) is 3.15. The molecule has 5 heteroatoms. The molecular weight excluding hydrogens is 236 g/mol. The Morgan fingerprint density at radius 3 is 1.78 bits per heavy atom. The van der Waals surface area contributed by atoms with E-state index in [0.717, 1.165) is 5.56 Å². The number of ketones is 1. The molecule has 1 aromatic rings. The average molecular weight is 250 g/mol. The van der Waals surface area contributed by atoms with Crippen molar-refractivity contribution in [3.63, 3.8) is 0 Å². The second kappa shape index (κ2) is 8.69. The number of rotatable bonds is 4. The van der Waals surface area contributed by atoms with Crippen molar-refractivity contribution in [1.82, 2.24) is 0 Å². The maximum atomic E-state index is 11.0. The van der Waals surface area contributed by atoms with Crippen LogP contribution in [0, 0.1) is 0 Å². The molecular formula is C13H14O5. The number of carboxylic acids is 2. The van der Waals surface area contributed by atoms with E-state index in [9.17, 15) is 14.4 Å². The maximum Gasteiger partial charge on any atom is 0.328 e. The molecule has 0 heterocycles. The van der Waals surface area contributed by atoms with Gasteiger partial charge in [0.1, 0.15) is 0 Å². The molecule has 0 aliphatic rings. The number of hydrogen-bond donors (Lipinski definition) is 2. The van der Waals surface area contributed by atoms with Crippen LogP contribution in [0.3, 0.4) is 0 Å². The van der Waals surface area contributed by atoms with Crippen molar-refractivity contribution in [2.45, 2.75) is 13.3 Å². The van der Waals surface area contributed by atoms with Crippen molar-refractivity contribution in [2.75, 3.05) is 0 Å². The van der Waals surface area contributed by atoms with Gasteiger partial charge in [-0.05, 0) is 0 Å². The van der Waals surface area contributed by atoms with E-state index in [4.69, 9.17) is 10.2 Å². The molecule has 0 amide bonds. The van der Waals surface area contributed by atoms with E-state index in [0.29, 0.717) is 18.6 Å². The maximum absolute atomic E-state index is 11.0. The summed E-state index contributed by atoms with van der Waals surface area (Å²) in [5.74, 6) is -2.31. The predicted octanol–water partition coefficient (Wildman–Crippen LogP) is 1.99. The largest absolute Gasteiger partial charge is 0.478 e. The Balaban J connectivity index is 0.000000331. The van der Waals surface area contributed by atoms with E-state index in [1.807, 2.05) is 37.3 Å². The fourth-order valence-electron chi connectivity index (χ4n) is 0.971. The summed E-state index contributed by atoms with van der Waals surface area (Å²) in [5.41, 5.74) is 0.810. The number of carbonyl (C=O) groups excluding carboxylic acids is 1. The van der Waals surface area contributed by atoms with Crippen molar-refractivity contribution in [2.24, 2.45) is 0 Å². The predicted molar refractivity (Wildman–Crippen MR) is 65.5 cm³/mol. The Kier molecular flexibility index (Phi) is 7.52. The topological polar surface area (TPSA) is 91.7 Å². The van der Waals surface area contributed by atoms with Gasteiger partial charge >= 0.3 is 11.9 Å². The first-order valence-corrected chi connectivity index (χ1v) is 5.19. The first-order valence-electron chi connectivity index (χ1n) is 5.19. The van der Waals surface area contributed by atoms with Crippen molar-refractivity contribution in [1.29, 1.82) is 0 Å². The highest BCUT2D eigenvalue weighted by molar-refractivity contribution is 5.95. The molecule has 18 heavy (non-hydrogen) atoms. The third-order valence-electron chi connectivity index (χ3n) is 1.79. The SMILES string of the molecule is CCC(=O)c1ccccc1.O=C(O)/C=C\C(=O)O. The van der Waals surface area contributed by atoms with E-state index in [1.165, 1.54) is 0 Å². The van der Waals surface area contributed by atoms with Gasteiger partial charge in [-0.25, -0.2) is 9.59 Å². The molecule has 5 nitrogen and oxygen atoms in total. The molecule has 96 valence electrons. The quantitative estimate of drug-likeness (QED) is 0.629. The molecule has 0 bridgehead atoms. The van der Waals surface area contributed by atoms with Gasteiger partial charge in [0.15, 0.2) is 5.78 Å². The van der Waals surface area contributed by atoms with E-state index in [1.54, 1.807) is 0 Å². The Morgan fingerprint density at radius 1 is 1.00 bits per heavy atom. The number of Topliss-reactive ketones (excluding diaryl/α,β-unsaturated/α-hetero) is 1. The van der Waals surface area contributed by atoms with Crippen LogP contribution in [0.1, 0.15) is 23.7 Å². The molecule has 1 aromatic carbocycles. The van der Waals surface area contributed by atoms with Crippen molar-refractivity contribution >= 4 is 17.7 Å². The summed E-state index contributed by atoms with van der Waals surface area (Å²) in [4.78, 5) is 30.1. The second-order valence-corrected chi connectivity index (χ2v) is 3.15. The highest BCUT2D eigenvalue weighted by atomic mass is 16.4. The summed E-state index contributed by atoms with van der Waals surface area (Å²) in [7, 11) is 0. The molecule has 2 N–H and O–H groups in total. The molecule has 0 fully saturated rings. The molecule has 0 spiro atoms. The first-order chi connectivity index (χ1) is 8.47. The van der Waals surface area contributed by atoms with Crippen LogP contribution in [0.25, 0.3) is 0 Å². The Hall–Kier alpha value is -2.43. The normalized spacial score (nSPS) is 9.39. The fraction of sp³-hybridized carbons (Fsp3) is 0.154. The summed E-state index contributed by atoms with van der Waals surface area (Å²) in [6.07, 6.45) is 1.70. The molecule has 0 aliphatic carbocycles. The molecule has 0 aliphatic heterocycles. The van der Waals surface area contributed by atoms with Crippen molar-refractivity contribution in [3.05, 3.63) is 48.0 Å². The summed E-state index contributed by atoms with van der Waals surface area (Å²) in [6, 6.07) is 9.34. The van der Waals surface area contributed by atoms with Gasteiger partial charge in [-0.1, -0.05) is 37.3 Å². The lowest BCUT2D eigenvalue weighted by molar-refractivity contribution is -0.134. The molecule has 0 saturated carbocycles. The van der Waals surface area contributed by atoms with E-state index in [2.05, 4.69) is 0 Å². The number of carboxylic acid groups (broad SMARTS) is 2. The van der Waals surface area contributed by atoms with Gasteiger partial charge in [-0.15, -0.1) is 0 Å². The molecule has 0 unspecified atom stereocenters. The third-order valence-corrected chi connectivity index (χ3v) is 1.79. The lowest BCUT2D eigenvalue weighted by atomic mass is 10.1. The number of aliphatic carboxylic acids is 2. The average Bonchev–Trinajstić information content (AvgIpc) is 2.37. The number of benzene rings is 1. The lowest BCUT2D eigenvalue weighted by Crippen LogP contribution is -1.94. The van der Waals surface area contributed by atoms with Crippen LogP contribution in [0.5, 0.6) is 0 Å². The number of carbonyl (C=O) groups is 3. The monoisotopic (exact) mass is 250 g/mol. The van der Waals surface area contributed by atoms with E-state index >= 15 is 0 Å². The minimum Gasteiger partial charge on any atom is -0.478 e. The zero-order chi connectivity index (χ0) is 14.0. The summed E-state index contributed by atoms with van der Waals surface area (Å²) < 4.78 is 0. The van der Waals surface area contributed by atoms with Gasteiger partial charge in [0.05, 0.1) is 0 Å². The number of hydrogen-bond acceptors (Lipinski definition) is 3. The minimum absolute atomic E-state index is 0.209. The van der Waals surface area contributed by atoms with Crippen molar-refractivity contribution < 1.29 is 24.6 Å². The van der Waals surface area contributed by atoms with Crippen LogP contribution in [-0.4, -0.2) is 27.9 Å². The highest BCUT2D eigenvalue weighted by Crippen LogP contribution is 2.01. The first kappa shape index (κ1) is 15.6. The van der Waals surface area contributed by atoms with Crippen LogP contribution >= 0.6 is 0 Å². The Morgan fingerprint density at radius 2 is 1.44 bits per heavy atom. The molecule has 1 rings (SSSR count). The van der Waals surface area contributed by atoms with Crippen LogP contribution in [0.15, 0.2) is 42.5 Å². The third kappa shape index (κ3) is 7.81. The molecule has 0 atom stereocenters. The Bertz CT molecular complexity index is 418. The molecule has 0 radical (unpaired) electrons. The van der Waals surface area contributed by atoms with Gasteiger partial charge in [0.2, 0.25) is 0 Å². The van der Waals surface area contributed by atoms with Gasteiger partial charge in [0, 0.05) is 24.1 Å². The van der Waals surface area contributed by atoms with E-state index < -0.39 is 11.9 Å².